The van der Waals surface area contributed by atoms with E-state index in [0.29, 0.717) is 0 Å². The number of methoxy groups -OCH3 is 1. The summed E-state index contributed by atoms with van der Waals surface area (Å²) in [5.41, 5.74) is 1.20. The molecule has 0 aliphatic rings. The van der Waals surface area contributed by atoms with Crippen LogP contribution in [0, 0.1) is 0 Å². The van der Waals surface area contributed by atoms with E-state index >= 15 is 0 Å². The summed E-state index contributed by atoms with van der Waals surface area (Å²) in [6.45, 7) is 7.58. The van der Waals surface area contributed by atoms with Gasteiger partial charge in [0.1, 0.15) is 11.7 Å². The molecule has 0 amide bonds. The van der Waals surface area contributed by atoms with Gasteiger partial charge in [-0.25, -0.2) is 14.6 Å². The highest BCUT2D eigenvalue weighted by atomic mass is 17.2. The van der Waals surface area contributed by atoms with E-state index in [9.17, 15) is 4.79 Å². The molecule has 4 heteroatoms. The first-order chi connectivity index (χ1) is 11.5. The summed E-state index contributed by atoms with van der Waals surface area (Å²) in [4.78, 5) is 23.2. The first kappa shape index (κ1) is 17.9. The summed E-state index contributed by atoms with van der Waals surface area (Å²) in [6.07, 6.45) is -0.748. The lowest BCUT2D eigenvalue weighted by Gasteiger charge is -2.27. The third kappa shape index (κ3) is 4.31. The molecule has 0 fully saturated rings. The van der Waals surface area contributed by atoms with Crippen molar-refractivity contribution in [1.29, 1.82) is 0 Å². The summed E-state index contributed by atoms with van der Waals surface area (Å²) >= 11 is 0. The minimum absolute atomic E-state index is 0.174. The highest BCUT2D eigenvalue weighted by Gasteiger charge is 2.28. The van der Waals surface area contributed by atoms with Gasteiger partial charge >= 0.3 is 5.97 Å². The molecular formula is C20H22O4. The summed E-state index contributed by atoms with van der Waals surface area (Å²) in [5, 5.41) is 0. The van der Waals surface area contributed by atoms with Crippen LogP contribution in [0.5, 0.6) is 0 Å². The molecule has 0 aliphatic heterocycles. The predicted molar refractivity (Wildman–Crippen MR) is 92.0 cm³/mol. The predicted octanol–water partition coefficient (Wildman–Crippen LogP) is 4.34. The Kier molecular flexibility index (Phi) is 5.90. The number of rotatable bonds is 7. The van der Waals surface area contributed by atoms with Crippen molar-refractivity contribution in [2.24, 2.45) is 0 Å². The SMILES string of the molecule is C=C(C(=O)OC)[C@@H](OOC(C)(C)c1ccccc1)c1ccccc1. The Bertz CT molecular complexity index is 677. The van der Waals surface area contributed by atoms with Gasteiger partial charge in [0.25, 0.3) is 0 Å². The van der Waals surface area contributed by atoms with E-state index < -0.39 is 17.7 Å². The fraction of sp³-hybridized carbons (Fsp3) is 0.250. The monoisotopic (exact) mass is 326 g/mol. The van der Waals surface area contributed by atoms with Crippen LogP contribution in [0.4, 0.5) is 0 Å². The van der Waals surface area contributed by atoms with Gasteiger partial charge in [0.05, 0.1) is 12.7 Å². The highest BCUT2D eigenvalue weighted by Crippen LogP contribution is 2.31. The quantitative estimate of drug-likeness (QED) is 0.329. The molecule has 0 spiro atoms. The standard InChI is InChI=1S/C20H22O4/c1-15(19(21)22-4)18(16-11-7-5-8-12-16)23-24-20(2,3)17-13-9-6-10-14-17/h5-14,18H,1H2,2-4H3/t18-/m1/s1. The highest BCUT2D eigenvalue weighted by molar-refractivity contribution is 5.89. The smallest absolute Gasteiger partial charge is 0.336 e. The molecule has 2 rings (SSSR count). The van der Waals surface area contributed by atoms with Crippen LogP contribution in [-0.4, -0.2) is 13.1 Å². The molecule has 0 N–H and O–H groups in total. The topological polar surface area (TPSA) is 44.8 Å². The van der Waals surface area contributed by atoms with Crippen molar-refractivity contribution in [3.8, 4) is 0 Å². The molecule has 2 aromatic carbocycles. The first-order valence-corrected chi connectivity index (χ1v) is 7.68. The maximum absolute atomic E-state index is 11.9. The lowest BCUT2D eigenvalue weighted by molar-refractivity contribution is -0.378. The van der Waals surface area contributed by atoms with Gasteiger partial charge in [-0.05, 0) is 25.0 Å². The van der Waals surface area contributed by atoms with E-state index in [-0.39, 0.29) is 5.57 Å². The Morgan fingerprint density at radius 2 is 1.54 bits per heavy atom. The molecule has 0 aliphatic carbocycles. The van der Waals surface area contributed by atoms with Crippen molar-refractivity contribution in [2.45, 2.75) is 25.6 Å². The van der Waals surface area contributed by atoms with E-state index in [4.69, 9.17) is 14.5 Å². The molecule has 0 saturated carbocycles. The second-order valence-electron chi connectivity index (χ2n) is 5.86. The zero-order valence-electron chi connectivity index (χ0n) is 14.2. The summed E-state index contributed by atoms with van der Waals surface area (Å²) in [6, 6.07) is 19.0. The molecule has 24 heavy (non-hydrogen) atoms. The van der Waals surface area contributed by atoms with Crippen molar-refractivity contribution < 1.29 is 19.3 Å². The molecule has 0 bridgehead atoms. The lowest BCUT2D eigenvalue weighted by Crippen LogP contribution is -2.25. The third-order valence-electron chi connectivity index (χ3n) is 3.69. The maximum Gasteiger partial charge on any atom is 0.336 e. The number of carbonyl (C=O) groups is 1. The van der Waals surface area contributed by atoms with Crippen molar-refractivity contribution >= 4 is 5.97 Å². The molecule has 126 valence electrons. The summed E-state index contributed by atoms with van der Waals surface area (Å²) in [5.74, 6) is -0.537. The second-order valence-corrected chi connectivity index (χ2v) is 5.86. The Morgan fingerprint density at radius 3 is 2.08 bits per heavy atom. The van der Waals surface area contributed by atoms with Gasteiger partial charge in [0, 0.05) is 0 Å². The van der Waals surface area contributed by atoms with Crippen molar-refractivity contribution in [3.05, 3.63) is 83.9 Å². The molecule has 2 aromatic rings. The largest absolute Gasteiger partial charge is 0.466 e. The van der Waals surface area contributed by atoms with Crippen LogP contribution in [0.15, 0.2) is 72.8 Å². The van der Waals surface area contributed by atoms with E-state index in [1.165, 1.54) is 7.11 Å². The Balaban J connectivity index is 2.20. The zero-order valence-corrected chi connectivity index (χ0v) is 14.2. The number of hydrogen-bond acceptors (Lipinski definition) is 4. The fourth-order valence-corrected chi connectivity index (χ4v) is 2.24. The van der Waals surface area contributed by atoms with Crippen molar-refractivity contribution in [1.82, 2.24) is 0 Å². The van der Waals surface area contributed by atoms with Crippen LogP contribution in [-0.2, 0) is 24.9 Å². The Labute approximate surface area is 142 Å². The molecule has 4 nitrogen and oxygen atoms in total. The molecule has 0 saturated heterocycles. The van der Waals surface area contributed by atoms with Crippen LogP contribution in [0.2, 0.25) is 0 Å². The maximum atomic E-state index is 11.9. The minimum Gasteiger partial charge on any atom is -0.466 e. The molecule has 0 unspecified atom stereocenters. The average molecular weight is 326 g/mol. The number of carbonyl (C=O) groups excluding carboxylic acids is 1. The van der Waals surface area contributed by atoms with E-state index in [2.05, 4.69) is 6.58 Å². The van der Waals surface area contributed by atoms with Gasteiger partial charge in [0.15, 0.2) is 0 Å². The summed E-state index contributed by atoms with van der Waals surface area (Å²) in [7, 11) is 1.31. The third-order valence-corrected chi connectivity index (χ3v) is 3.69. The van der Waals surface area contributed by atoms with Gasteiger partial charge in [-0.2, -0.15) is 0 Å². The van der Waals surface area contributed by atoms with Crippen LogP contribution >= 0.6 is 0 Å². The van der Waals surface area contributed by atoms with Gasteiger partial charge in [-0.1, -0.05) is 67.2 Å². The van der Waals surface area contributed by atoms with Crippen molar-refractivity contribution in [3.63, 3.8) is 0 Å². The Hall–Kier alpha value is -2.43. The number of hydrogen-bond donors (Lipinski definition) is 0. The molecule has 0 radical (unpaired) electrons. The van der Waals surface area contributed by atoms with Gasteiger partial charge in [-0.15, -0.1) is 0 Å². The molecule has 0 aromatic heterocycles. The van der Waals surface area contributed by atoms with E-state index in [0.717, 1.165) is 11.1 Å². The first-order valence-electron chi connectivity index (χ1n) is 7.68. The lowest BCUT2D eigenvalue weighted by atomic mass is 9.99. The number of ether oxygens (including phenoxy) is 1. The normalized spacial score (nSPS) is 12.5. The molecule has 0 heterocycles. The molecular weight excluding hydrogens is 304 g/mol. The number of benzene rings is 2. The van der Waals surface area contributed by atoms with Crippen LogP contribution in [0.25, 0.3) is 0 Å². The minimum atomic E-state index is -0.748. The van der Waals surface area contributed by atoms with E-state index in [1.54, 1.807) is 0 Å². The Morgan fingerprint density at radius 1 is 1.00 bits per heavy atom. The van der Waals surface area contributed by atoms with Gasteiger partial charge in [-0.3, -0.25) is 0 Å². The average Bonchev–Trinajstić information content (AvgIpc) is 2.62. The fourth-order valence-electron chi connectivity index (χ4n) is 2.24. The van der Waals surface area contributed by atoms with Crippen LogP contribution in [0.3, 0.4) is 0 Å². The van der Waals surface area contributed by atoms with Crippen LogP contribution < -0.4 is 0 Å². The summed E-state index contributed by atoms with van der Waals surface area (Å²) < 4.78 is 4.76. The second kappa shape index (κ2) is 7.90. The van der Waals surface area contributed by atoms with Gasteiger partial charge in [0.2, 0.25) is 0 Å². The van der Waals surface area contributed by atoms with Crippen molar-refractivity contribution in [2.75, 3.05) is 7.11 Å². The van der Waals surface area contributed by atoms with Gasteiger partial charge < -0.3 is 4.74 Å². The van der Waals surface area contributed by atoms with Crippen LogP contribution in [0.1, 0.15) is 31.1 Å². The van der Waals surface area contributed by atoms with E-state index in [1.807, 2.05) is 74.5 Å². The number of esters is 1. The zero-order chi connectivity index (χ0) is 17.6. The molecule has 1 atom stereocenters.